The van der Waals surface area contributed by atoms with Crippen molar-refractivity contribution >= 4 is 11.8 Å². The molecule has 32 heavy (non-hydrogen) atoms. The maximum absolute atomic E-state index is 5.61. The highest BCUT2D eigenvalue weighted by molar-refractivity contribution is 6.04. The van der Waals surface area contributed by atoms with Crippen LogP contribution in [0.15, 0.2) is 59.8 Å². The van der Waals surface area contributed by atoms with Gasteiger partial charge in [0.25, 0.3) is 0 Å². The van der Waals surface area contributed by atoms with Gasteiger partial charge in [0.2, 0.25) is 0 Å². The maximum atomic E-state index is 5.61. The van der Waals surface area contributed by atoms with Gasteiger partial charge in [-0.3, -0.25) is 5.10 Å². The molecule has 0 spiro atoms. The summed E-state index contributed by atoms with van der Waals surface area (Å²) in [6, 6.07) is 16.7. The van der Waals surface area contributed by atoms with E-state index in [4.69, 9.17) is 14.3 Å². The number of rotatable bonds is 7. The second kappa shape index (κ2) is 8.19. The Morgan fingerprint density at radius 2 is 1.78 bits per heavy atom. The van der Waals surface area contributed by atoms with E-state index in [2.05, 4.69) is 63.9 Å². The molecular weight excluding hydrogens is 402 g/mol. The summed E-state index contributed by atoms with van der Waals surface area (Å²) in [6.07, 6.45) is 7.47. The summed E-state index contributed by atoms with van der Waals surface area (Å²) in [6.45, 7) is 0. The number of oxime groups is 1. The van der Waals surface area contributed by atoms with E-state index in [1.807, 2.05) is 12.1 Å². The van der Waals surface area contributed by atoms with E-state index in [1.54, 1.807) is 21.3 Å². The van der Waals surface area contributed by atoms with E-state index in [1.165, 1.54) is 5.56 Å². The molecular formula is C26H27N3O3. The minimum atomic E-state index is -0.365. The minimum Gasteiger partial charge on any atom is -0.493 e. The molecule has 1 N–H and O–H groups in total. The number of aromatic amines is 1. The van der Waals surface area contributed by atoms with Gasteiger partial charge in [0.05, 0.1) is 14.2 Å². The van der Waals surface area contributed by atoms with Crippen molar-refractivity contribution in [2.45, 2.75) is 24.7 Å². The van der Waals surface area contributed by atoms with E-state index >= 15 is 0 Å². The number of nitrogens with one attached hydrogen (secondary N) is 1. The van der Waals surface area contributed by atoms with E-state index < -0.39 is 0 Å². The Labute approximate surface area is 187 Å². The predicted molar refractivity (Wildman–Crippen MR) is 124 cm³/mol. The third-order valence-electron chi connectivity index (χ3n) is 6.46. The van der Waals surface area contributed by atoms with Crippen LogP contribution in [0.4, 0.5) is 0 Å². The normalized spacial score (nSPS) is 20.0. The van der Waals surface area contributed by atoms with Gasteiger partial charge in [-0.2, -0.15) is 5.10 Å². The molecule has 2 aliphatic rings. The van der Waals surface area contributed by atoms with Gasteiger partial charge in [-0.15, -0.1) is 0 Å². The maximum Gasteiger partial charge on any atom is 0.161 e. The quantitative estimate of drug-likeness (QED) is 0.435. The number of benzene rings is 2. The zero-order valence-corrected chi connectivity index (χ0v) is 18.6. The molecule has 0 saturated heterocycles. The first-order valence-corrected chi connectivity index (χ1v) is 10.9. The molecule has 6 nitrogen and oxygen atoms in total. The number of hydrogen-bond acceptors (Lipinski definition) is 5. The first-order valence-electron chi connectivity index (χ1n) is 10.9. The zero-order valence-electron chi connectivity index (χ0n) is 18.6. The zero-order chi connectivity index (χ0) is 22.1. The fourth-order valence-electron chi connectivity index (χ4n) is 4.64. The molecule has 164 valence electrons. The van der Waals surface area contributed by atoms with E-state index in [0.717, 1.165) is 47.5 Å². The Balaban J connectivity index is 1.63. The summed E-state index contributed by atoms with van der Waals surface area (Å²) in [4.78, 5) is 5.13. The third kappa shape index (κ3) is 3.36. The molecule has 2 aromatic carbocycles. The Morgan fingerprint density at radius 3 is 2.47 bits per heavy atom. The predicted octanol–water partition coefficient (Wildman–Crippen LogP) is 4.74. The summed E-state index contributed by atoms with van der Waals surface area (Å²) >= 11 is 0. The number of methoxy groups -OCH3 is 2. The van der Waals surface area contributed by atoms with Crippen molar-refractivity contribution in [3.63, 3.8) is 0 Å². The van der Waals surface area contributed by atoms with Crippen molar-refractivity contribution in [2.75, 3.05) is 21.3 Å². The minimum absolute atomic E-state index is 0.365. The fraction of sp³-hybridized carbons (Fsp3) is 0.308. The van der Waals surface area contributed by atoms with Crippen LogP contribution in [0.2, 0.25) is 0 Å². The largest absolute Gasteiger partial charge is 0.493 e. The Hall–Kier alpha value is -3.54. The van der Waals surface area contributed by atoms with Gasteiger partial charge < -0.3 is 14.3 Å². The number of allylic oxidation sites excluding steroid dienone is 1. The molecule has 2 aliphatic carbocycles. The lowest BCUT2D eigenvalue weighted by atomic mass is 9.68. The lowest BCUT2D eigenvalue weighted by Gasteiger charge is -2.35. The fourth-order valence-corrected chi connectivity index (χ4v) is 4.64. The van der Waals surface area contributed by atoms with Crippen LogP contribution in [0, 0.1) is 5.92 Å². The highest BCUT2D eigenvalue weighted by Crippen LogP contribution is 2.45. The van der Waals surface area contributed by atoms with Crippen LogP contribution in [0.3, 0.4) is 0 Å². The molecule has 1 unspecified atom stereocenters. The molecule has 1 fully saturated rings. The monoisotopic (exact) mass is 429 g/mol. The van der Waals surface area contributed by atoms with Crippen LogP contribution < -0.4 is 9.47 Å². The smallest absolute Gasteiger partial charge is 0.161 e. The van der Waals surface area contributed by atoms with Crippen LogP contribution in [-0.4, -0.2) is 37.2 Å². The molecule has 1 atom stereocenters. The number of ether oxygens (including phenoxy) is 2. The van der Waals surface area contributed by atoms with Crippen molar-refractivity contribution < 1.29 is 14.3 Å². The van der Waals surface area contributed by atoms with Crippen LogP contribution >= 0.6 is 0 Å². The van der Waals surface area contributed by atoms with Gasteiger partial charge >= 0.3 is 0 Å². The lowest BCUT2D eigenvalue weighted by Crippen LogP contribution is -2.30. The number of nitrogens with zero attached hydrogens (tertiary/aromatic N) is 2. The van der Waals surface area contributed by atoms with Crippen LogP contribution in [-0.2, 0) is 16.7 Å². The molecule has 0 amide bonds. The molecule has 3 aromatic rings. The molecule has 0 radical (unpaired) electrons. The number of hydrogen-bond donors (Lipinski definition) is 1. The van der Waals surface area contributed by atoms with Crippen molar-refractivity contribution in [1.82, 2.24) is 10.2 Å². The topological polar surface area (TPSA) is 68.7 Å². The standard InChI is InChI=1S/C26H27N3O3/c1-30-22-12-11-19(15-23(22)31-2)26(18-7-5-4-6-8-18)14-13-20-21(16-26)27-28-25(20)24(29-32-3)17-9-10-17/h4-8,11-15,17H,9-10,16H2,1-3H3,(H,27,28). The molecule has 0 aliphatic heterocycles. The Kier molecular flexibility index (Phi) is 5.21. The summed E-state index contributed by atoms with van der Waals surface area (Å²) in [7, 11) is 4.92. The number of H-pyrrole nitrogens is 1. The van der Waals surface area contributed by atoms with E-state index in [-0.39, 0.29) is 5.41 Å². The van der Waals surface area contributed by atoms with Crippen molar-refractivity contribution in [2.24, 2.45) is 11.1 Å². The van der Waals surface area contributed by atoms with Gasteiger partial charge in [0, 0.05) is 29.0 Å². The molecule has 6 heteroatoms. The molecule has 1 heterocycles. The van der Waals surface area contributed by atoms with Crippen LogP contribution in [0.25, 0.3) is 6.08 Å². The second-order valence-electron chi connectivity index (χ2n) is 8.32. The Bertz CT molecular complexity index is 1180. The van der Waals surface area contributed by atoms with Gasteiger partial charge in [-0.25, -0.2) is 0 Å². The average molecular weight is 430 g/mol. The number of fused-ring (bicyclic) bond motifs is 1. The number of aromatic nitrogens is 2. The van der Waals surface area contributed by atoms with Gasteiger partial charge in [0.15, 0.2) is 11.5 Å². The van der Waals surface area contributed by atoms with Crippen molar-refractivity contribution in [1.29, 1.82) is 0 Å². The van der Waals surface area contributed by atoms with Gasteiger partial charge in [-0.05, 0) is 36.1 Å². The average Bonchev–Trinajstić information content (AvgIpc) is 3.61. The van der Waals surface area contributed by atoms with Crippen LogP contribution in [0.5, 0.6) is 11.5 Å². The molecule has 0 bridgehead atoms. The highest BCUT2D eigenvalue weighted by atomic mass is 16.6. The Morgan fingerprint density at radius 1 is 1.00 bits per heavy atom. The summed E-state index contributed by atoms with van der Waals surface area (Å²) in [5.41, 5.74) is 5.99. The van der Waals surface area contributed by atoms with Crippen molar-refractivity contribution in [3.8, 4) is 11.5 Å². The second-order valence-corrected chi connectivity index (χ2v) is 8.32. The summed E-state index contributed by atoms with van der Waals surface area (Å²) in [5, 5.41) is 12.3. The van der Waals surface area contributed by atoms with Crippen LogP contribution in [0.1, 0.15) is 40.9 Å². The molecule has 5 rings (SSSR count). The summed E-state index contributed by atoms with van der Waals surface area (Å²) in [5.74, 6) is 1.86. The molecule has 1 saturated carbocycles. The summed E-state index contributed by atoms with van der Waals surface area (Å²) < 4.78 is 11.1. The first-order chi connectivity index (χ1) is 15.7. The lowest BCUT2D eigenvalue weighted by molar-refractivity contribution is 0.212. The highest BCUT2D eigenvalue weighted by Gasteiger charge is 2.39. The van der Waals surface area contributed by atoms with Gasteiger partial charge in [-0.1, -0.05) is 53.7 Å². The van der Waals surface area contributed by atoms with Crippen molar-refractivity contribution in [3.05, 3.63) is 82.7 Å². The van der Waals surface area contributed by atoms with E-state index in [0.29, 0.717) is 17.4 Å². The third-order valence-corrected chi connectivity index (χ3v) is 6.46. The molecule has 1 aromatic heterocycles. The first kappa shape index (κ1) is 20.4. The van der Waals surface area contributed by atoms with Gasteiger partial charge in [0.1, 0.15) is 18.5 Å². The van der Waals surface area contributed by atoms with E-state index in [9.17, 15) is 0 Å². The SMILES string of the molecule is CON=C(c1n[nH]c2c1C=CC(c1ccccc1)(c1ccc(OC)c(OC)c1)C2)C1CC1.